The lowest BCUT2D eigenvalue weighted by Gasteiger charge is -2.27. The van der Waals surface area contributed by atoms with Gasteiger partial charge in [-0.3, -0.25) is 14.3 Å². The van der Waals surface area contributed by atoms with E-state index in [1.807, 2.05) is 36.4 Å². The highest BCUT2D eigenvalue weighted by Gasteiger charge is 2.26. The Hall–Kier alpha value is -2.75. The third kappa shape index (κ3) is 4.23. The molecular formula is C20H21ClFN5O2S. The van der Waals surface area contributed by atoms with Crippen molar-refractivity contribution >= 4 is 34.7 Å². The van der Waals surface area contributed by atoms with Crippen molar-refractivity contribution in [2.24, 2.45) is 5.73 Å². The first-order valence-electron chi connectivity index (χ1n) is 9.19. The molecule has 10 heteroatoms. The number of hydrogen-bond donors (Lipinski definition) is 1. The van der Waals surface area contributed by atoms with Crippen LogP contribution in [0.1, 0.15) is 20.8 Å². The predicted octanol–water partition coefficient (Wildman–Crippen LogP) is 2.59. The van der Waals surface area contributed by atoms with Crippen molar-refractivity contribution in [2.75, 3.05) is 18.0 Å². The maximum absolute atomic E-state index is 12.8. The van der Waals surface area contributed by atoms with Gasteiger partial charge in [-0.2, -0.15) is 5.10 Å². The van der Waals surface area contributed by atoms with Gasteiger partial charge in [0, 0.05) is 23.5 Å². The van der Waals surface area contributed by atoms with Gasteiger partial charge in [0.25, 0.3) is 5.91 Å². The summed E-state index contributed by atoms with van der Waals surface area (Å²) >= 11 is 1.47. The molecule has 30 heavy (non-hydrogen) atoms. The number of aromatic nitrogens is 3. The van der Waals surface area contributed by atoms with Crippen LogP contribution in [0.3, 0.4) is 0 Å². The van der Waals surface area contributed by atoms with E-state index in [4.69, 9.17) is 5.73 Å². The predicted molar refractivity (Wildman–Crippen MR) is 117 cm³/mol. The van der Waals surface area contributed by atoms with Crippen molar-refractivity contribution in [3.63, 3.8) is 0 Å². The van der Waals surface area contributed by atoms with Crippen LogP contribution in [-0.2, 0) is 19.5 Å². The number of rotatable bonds is 6. The zero-order valence-electron chi connectivity index (χ0n) is 16.0. The highest BCUT2D eigenvalue weighted by atomic mass is 35.5. The highest BCUT2D eigenvalue weighted by molar-refractivity contribution is 7.16. The summed E-state index contributed by atoms with van der Waals surface area (Å²) < 4.78 is 15.3. The third-order valence-electron chi connectivity index (χ3n) is 4.90. The lowest BCUT2D eigenvalue weighted by atomic mass is 9.99. The Kier molecular flexibility index (Phi) is 6.86. The second-order valence-corrected chi connectivity index (χ2v) is 7.92. The highest BCUT2D eigenvalue weighted by Crippen LogP contribution is 2.30. The normalized spacial score (nSPS) is 13.9. The number of fused-ring (bicyclic) bond motifs is 1. The fraction of sp³-hybridized carbons (Fsp3) is 0.250. The number of carbonyl (C=O) groups excluding carboxylic acids is 1. The zero-order valence-corrected chi connectivity index (χ0v) is 17.7. The number of hydrogen-bond acceptors (Lipinski definition) is 5. The van der Waals surface area contributed by atoms with E-state index in [9.17, 15) is 14.0 Å². The number of nitrogens with zero attached hydrogens (tertiary/aromatic N) is 4. The van der Waals surface area contributed by atoms with E-state index < -0.39 is 0 Å². The summed E-state index contributed by atoms with van der Waals surface area (Å²) in [7, 11) is 0. The molecule has 2 N–H and O–H groups in total. The van der Waals surface area contributed by atoms with E-state index in [1.165, 1.54) is 26.9 Å². The molecule has 7 nitrogen and oxygen atoms in total. The molecule has 0 unspecified atom stereocenters. The van der Waals surface area contributed by atoms with Crippen LogP contribution >= 0.6 is 23.7 Å². The Bertz CT molecular complexity index is 1140. The number of thiophene rings is 1. The van der Waals surface area contributed by atoms with Crippen LogP contribution in [0.5, 0.6) is 0 Å². The number of anilines is 1. The van der Waals surface area contributed by atoms with Crippen LogP contribution in [0.15, 0.2) is 59.4 Å². The van der Waals surface area contributed by atoms with Crippen LogP contribution in [0, 0.1) is 0 Å². The van der Waals surface area contributed by atoms with E-state index in [2.05, 4.69) is 5.10 Å². The molecule has 0 atom stereocenters. The molecule has 0 saturated carbocycles. The fourth-order valence-electron chi connectivity index (χ4n) is 3.33. The van der Waals surface area contributed by atoms with Gasteiger partial charge in [0.1, 0.15) is 6.33 Å². The minimum Gasteiger partial charge on any atom is -0.327 e. The SMILES string of the molecule is Cl.NC/C(=C\F)Cn1ncn(Cc2ccc(N3CCc4ccccc4C3=O)s2)c1=O. The van der Waals surface area contributed by atoms with Crippen molar-refractivity contribution in [1.29, 1.82) is 0 Å². The summed E-state index contributed by atoms with van der Waals surface area (Å²) in [5.41, 5.74) is 7.20. The van der Waals surface area contributed by atoms with E-state index in [0.717, 1.165) is 27.4 Å². The Morgan fingerprint density at radius 2 is 2.03 bits per heavy atom. The van der Waals surface area contributed by atoms with Crippen LogP contribution < -0.4 is 16.3 Å². The average molecular weight is 450 g/mol. The molecule has 0 aliphatic carbocycles. The number of nitrogens with two attached hydrogens (primary N) is 1. The van der Waals surface area contributed by atoms with Crippen molar-refractivity contribution in [3.05, 3.63) is 81.1 Å². The molecule has 0 fully saturated rings. The minimum absolute atomic E-state index is 0. The molecule has 158 valence electrons. The van der Waals surface area contributed by atoms with Crippen LogP contribution in [0.25, 0.3) is 0 Å². The second-order valence-electron chi connectivity index (χ2n) is 6.77. The molecule has 4 rings (SSSR count). The topological polar surface area (TPSA) is 86.2 Å². The largest absolute Gasteiger partial charge is 0.346 e. The molecule has 1 aliphatic heterocycles. The summed E-state index contributed by atoms with van der Waals surface area (Å²) in [5, 5.41) is 4.88. The van der Waals surface area contributed by atoms with Crippen molar-refractivity contribution < 1.29 is 9.18 Å². The Morgan fingerprint density at radius 1 is 1.23 bits per heavy atom. The Balaban J connectivity index is 0.00000256. The monoisotopic (exact) mass is 449 g/mol. The van der Waals surface area contributed by atoms with Gasteiger partial charge < -0.3 is 5.73 Å². The van der Waals surface area contributed by atoms with Gasteiger partial charge in [-0.15, -0.1) is 23.7 Å². The number of benzene rings is 1. The zero-order chi connectivity index (χ0) is 20.4. The number of amides is 1. The first kappa shape index (κ1) is 21.9. The van der Waals surface area contributed by atoms with Crippen molar-refractivity contribution in [3.8, 4) is 0 Å². The molecule has 0 radical (unpaired) electrons. The van der Waals surface area contributed by atoms with Gasteiger partial charge in [-0.05, 0) is 35.8 Å². The van der Waals surface area contributed by atoms with E-state index in [0.29, 0.717) is 25.0 Å². The standard InChI is InChI=1S/C20H20FN5O2S.ClH/c21-9-14(10-22)11-26-20(28)24(13-23-26)12-16-5-6-18(29-16)25-8-7-15-3-1-2-4-17(15)19(25)27;/h1-6,9,13H,7-8,10-12,22H2;1H/b14-9+;. The second kappa shape index (κ2) is 9.38. The fourth-order valence-corrected chi connectivity index (χ4v) is 4.35. The van der Waals surface area contributed by atoms with Crippen LogP contribution in [-0.4, -0.2) is 33.3 Å². The van der Waals surface area contributed by atoms with Crippen molar-refractivity contribution in [2.45, 2.75) is 19.5 Å². The van der Waals surface area contributed by atoms with Crippen molar-refractivity contribution in [1.82, 2.24) is 14.3 Å². The maximum atomic E-state index is 12.8. The molecule has 2 aromatic heterocycles. The molecule has 1 aromatic carbocycles. The van der Waals surface area contributed by atoms with Gasteiger partial charge in [0.2, 0.25) is 0 Å². The molecule has 0 spiro atoms. The Morgan fingerprint density at radius 3 is 2.80 bits per heavy atom. The summed E-state index contributed by atoms with van der Waals surface area (Å²) in [6.45, 7) is 1.01. The van der Waals surface area contributed by atoms with E-state index in [-0.39, 0.29) is 37.1 Å². The molecular weight excluding hydrogens is 429 g/mol. The third-order valence-corrected chi connectivity index (χ3v) is 6.00. The lowest BCUT2D eigenvalue weighted by molar-refractivity contribution is 0.0981. The van der Waals surface area contributed by atoms with Gasteiger partial charge in [-0.25, -0.2) is 13.9 Å². The first-order valence-corrected chi connectivity index (χ1v) is 10.0. The lowest BCUT2D eigenvalue weighted by Crippen LogP contribution is -2.37. The summed E-state index contributed by atoms with van der Waals surface area (Å²) in [5.74, 6) is -0.00226. The van der Waals surface area contributed by atoms with Crippen LogP contribution in [0.4, 0.5) is 9.39 Å². The first-order chi connectivity index (χ1) is 14.1. The summed E-state index contributed by atoms with van der Waals surface area (Å²) in [6, 6.07) is 11.5. The Labute approximate surface area is 182 Å². The molecule has 3 aromatic rings. The number of carbonyl (C=O) groups is 1. The molecule has 0 saturated heterocycles. The summed E-state index contributed by atoms with van der Waals surface area (Å²) in [6.07, 6.45) is 2.65. The maximum Gasteiger partial charge on any atom is 0.346 e. The quantitative estimate of drug-likeness (QED) is 0.626. The van der Waals surface area contributed by atoms with Crippen LogP contribution in [0.2, 0.25) is 0 Å². The van der Waals surface area contributed by atoms with Gasteiger partial charge in [-0.1, -0.05) is 18.2 Å². The van der Waals surface area contributed by atoms with E-state index >= 15 is 0 Å². The van der Waals surface area contributed by atoms with E-state index in [1.54, 1.807) is 4.90 Å². The number of halogens is 2. The van der Waals surface area contributed by atoms with Gasteiger partial charge in [0.15, 0.2) is 0 Å². The smallest absolute Gasteiger partial charge is 0.327 e. The van der Waals surface area contributed by atoms with Gasteiger partial charge >= 0.3 is 5.69 Å². The molecule has 0 bridgehead atoms. The average Bonchev–Trinajstić information content (AvgIpc) is 3.34. The molecule has 1 aliphatic rings. The molecule has 1 amide bonds. The minimum atomic E-state index is -0.337. The molecule has 3 heterocycles. The summed E-state index contributed by atoms with van der Waals surface area (Å²) in [4.78, 5) is 28.0. The van der Waals surface area contributed by atoms with Gasteiger partial charge in [0.05, 0.1) is 24.4 Å².